The molecular weight excluding hydrogens is 190 g/mol. The molecule has 13 heavy (non-hydrogen) atoms. The van der Waals surface area contributed by atoms with E-state index in [1.807, 2.05) is 0 Å². The molecule has 1 rings (SSSR count). The van der Waals surface area contributed by atoms with E-state index in [2.05, 4.69) is 0 Å². The molecule has 0 aromatic carbocycles. The highest BCUT2D eigenvalue weighted by Crippen LogP contribution is 2.26. The van der Waals surface area contributed by atoms with E-state index in [1.54, 1.807) is 0 Å². The average molecular weight is 208 g/mol. The third kappa shape index (κ3) is 5.11. The lowest BCUT2D eigenvalue weighted by molar-refractivity contribution is -0.137. The molecule has 0 unspecified atom stereocenters. The standard InChI is InChI=1S/C9H17NO2.ClH/c10-8-4-1-7(2-5-8)3-6-9(11)12;/h7-8H,1-6,10H2,(H,11,12);1H. The lowest BCUT2D eigenvalue weighted by Gasteiger charge is -2.25. The van der Waals surface area contributed by atoms with Crippen LogP contribution < -0.4 is 5.73 Å². The van der Waals surface area contributed by atoms with E-state index < -0.39 is 5.97 Å². The van der Waals surface area contributed by atoms with Crippen molar-refractivity contribution >= 4 is 18.4 Å². The van der Waals surface area contributed by atoms with Crippen molar-refractivity contribution in [2.75, 3.05) is 0 Å². The highest BCUT2D eigenvalue weighted by Gasteiger charge is 2.18. The van der Waals surface area contributed by atoms with Gasteiger partial charge in [0.05, 0.1) is 0 Å². The Bertz CT molecular complexity index is 156. The number of hydrogen-bond acceptors (Lipinski definition) is 2. The van der Waals surface area contributed by atoms with Gasteiger partial charge in [-0.05, 0) is 38.0 Å². The smallest absolute Gasteiger partial charge is 0.303 e. The van der Waals surface area contributed by atoms with Gasteiger partial charge < -0.3 is 10.8 Å². The maximum Gasteiger partial charge on any atom is 0.303 e. The summed E-state index contributed by atoms with van der Waals surface area (Å²) < 4.78 is 0. The zero-order chi connectivity index (χ0) is 8.97. The van der Waals surface area contributed by atoms with E-state index in [4.69, 9.17) is 10.8 Å². The first kappa shape index (κ1) is 12.7. The first-order chi connectivity index (χ1) is 5.68. The monoisotopic (exact) mass is 207 g/mol. The van der Waals surface area contributed by atoms with Crippen molar-refractivity contribution in [2.45, 2.75) is 44.6 Å². The molecular formula is C9H18ClNO2. The summed E-state index contributed by atoms with van der Waals surface area (Å²) in [6, 6.07) is 0.367. The zero-order valence-corrected chi connectivity index (χ0v) is 8.55. The number of carbonyl (C=O) groups is 1. The molecule has 1 aliphatic rings. The van der Waals surface area contributed by atoms with Gasteiger partial charge in [0.1, 0.15) is 0 Å². The van der Waals surface area contributed by atoms with Gasteiger partial charge in [-0.2, -0.15) is 0 Å². The first-order valence-corrected chi connectivity index (χ1v) is 4.66. The van der Waals surface area contributed by atoms with Crippen molar-refractivity contribution in [3.63, 3.8) is 0 Å². The van der Waals surface area contributed by atoms with Crippen molar-refractivity contribution in [1.29, 1.82) is 0 Å². The second-order valence-corrected chi connectivity index (χ2v) is 3.71. The Hall–Kier alpha value is -0.280. The summed E-state index contributed by atoms with van der Waals surface area (Å²) in [6.07, 6.45) is 5.54. The summed E-state index contributed by atoms with van der Waals surface area (Å²) in [7, 11) is 0. The molecule has 0 amide bonds. The van der Waals surface area contributed by atoms with E-state index in [0.29, 0.717) is 18.4 Å². The molecule has 1 fully saturated rings. The molecule has 1 saturated carbocycles. The van der Waals surface area contributed by atoms with Crippen LogP contribution in [-0.4, -0.2) is 17.1 Å². The number of halogens is 1. The fraction of sp³-hybridized carbons (Fsp3) is 0.889. The van der Waals surface area contributed by atoms with Gasteiger partial charge in [-0.1, -0.05) is 0 Å². The van der Waals surface area contributed by atoms with E-state index in [0.717, 1.165) is 32.1 Å². The third-order valence-corrected chi connectivity index (χ3v) is 2.66. The van der Waals surface area contributed by atoms with Crippen LogP contribution in [0.3, 0.4) is 0 Å². The summed E-state index contributed by atoms with van der Waals surface area (Å²) in [4.78, 5) is 10.3. The molecule has 1 aliphatic carbocycles. The molecule has 0 saturated heterocycles. The first-order valence-electron chi connectivity index (χ1n) is 4.66. The highest BCUT2D eigenvalue weighted by molar-refractivity contribution is 5.85. The predicted octanol–water partition coefficient (Wildman–Crippen LogP) is 1.79. The van der Waals surface area contributed by atoms with Crippen LogP contribution in [0, 0.1) is 5.92 Å². The van der Waals surface area contributed by atoms with Gasteiger partial charge in [0.2, 0.25) is 0 Å². The number of nitrogens with two attached hydrogens (primary N) is 1. The number of carboxylic acids is 1. The molecule has 0 atom stereocenters. The lowest BCUT2D eigenvalue weighted by Crippen LogP contribution is -2.26. The van der Waals surface area contributed by atoms with Crippen molar-refractivity contribution in [3.05, 3.63) is 0 Å². The molecule has 0 aromatic rings. The average Bonchev–Trinajstić information content (AvgIpc) is 2.03. The molecule has 0 spiro atoms. The van der Waals surface area contributed by atoms with Gasteiger partial charge in [0.25, 0.3) is 0 Å². The van der Waals surface area contributed by atoms with Crippen LogP contribution in [-0.2, 0) is 4.79 Å². The van der Waals surface area contributed by atoms with Crippen molar-refractivity contribution in [3.8, 4) is 0 Å². The second kappa shape index (κ2) is 6.22. The van der Waals surface area contributed by atoms with Crippen LogP contribution in [0.25, 0.3) is 0 Å². The molecule has 0 aliphatic heterocycles. The van der Waals surface area contributed by atoms with Crippen molar-refractivity contribution in [2.24, 2.45) is 11.7 Å². The minimum Gasteiger partial charge on any atom is -0.481 e. The largest absolute Gasteiger partial charge is 0.481 e. The normalized spacial score (nSPS) is 27.8. The molecule has 0 radical (unpaired) electrons. The molecule has 0 heterocycles. The molecule has 3 nitrogen and oxygen atoms in total. The Morgan fingerprint density at radius 1 is 1.31 bits per heavy atom. The van der Waals surface area contributed by atoms with Crippen LogP contribution >= 0.6 is 12.4 Å². The zero-order valence-electron chi connectivity index (χ0n) is 7.74. The quantitative estimate of drug-likeness (QED) is 0.742. The fourth-order valence-electron chi connectivity index (χ4n) is 1.80. The summed E-state index contributed by atoms with van der Waals surface area (Å²) in [5.74, 6) is -0.0641. The molecule has 0 aromatic heterocycles. The Labute approximate surface area is 85.1 Å². The minimum absolute atomic E-state index is 0. The lowest BCUT2D eigenvalue weighted by atomic mass is 9.84. The Kier molecular flexibility index (Phi) is 6.08. The van der Waals surface area contributed by atoms with Crippen molar-refractivity contribution < 1.29 is 9.90 Å². The van der Waals surface area contributed by atoms with Crippen LogP contribution in [0.1, 0.15) is 38.5 Å². The second-order valence-electron chi connectivity index (χ2n) is 3.71. The molecule has 3 N–H and O–H groups in total. The van der Waals surface area contributed by atoms with Gasteiger partial charge in [-0.15, -0.1) is 12.4 Å². The highest BCUT2D eigenvalue weighted by atomic mass is 35.5. The maximum atomic E-state index is 10.3. The van der Waals surface area contributed by atoms with Gasteiger partial charge in [-0.3, -0.25) is 4.79 Å². The number of aliphatic carboxylic acids is 1. The van der Waals surface area contributed by atoms with Gasteiger partial charge >= 0.3 is 5.97 Å². The van der Waals surface area contributed by atoms with Crippen LogP contribution in [0.4, 0.5) is 0 Å². The number of carboxylic acid groups (broad SMARTS) is 1. The summed E-state index contributed by atoms with van der Waals surface area (Å²) in [6.45, 7) is 0. The summed E-state index contributed by atoms with van der Waals surface area (Å²) in [5.41, 5.74) is 5.74. The Morgan fingerprint density at radius 2 is 1.85 bits per heavy atom. The van der Waals surface area contributed by atoms with Gasteiger partial charge in [-0.25, -0.2) is 0 Å². The van der Waals surface area contributed by atoms with Crippen LogP contribution in [0.2, 0.25) is 0 Å². The molecule has 0 bridgehead atoms. The summed E-state index contributed by atoms with van der Waals surface area (Å²) in [5, 5.41) is 8.47. The SMILES string of the molecule is Cl.NC1CCC(CCC(=O)O)CC1. The molecule has 78 valence electrons. The number of rotatable bonds is 3. The van der Waals surface area contributed by atoms with Crippen LogP contribution in [0.5, 0.6) is 0 Å². The van der Waals surface area contributed by atoms with E-state index in [-0.39, 0.29) is 12.4 Å². The van der Waals surface area contributed by atoms with E-state index in [1.165, 1.54) is 0 Å². The van der Waals surface area contributed by atoms with E-state index >= 15 is 0 Å². The summed E-state index contributed by atoms with van der Waals surface area (Å²) >= 11 is 0. The number of hydrogen-bond donors (Lipinski definition) is 2. The topological polar surface area (TPSA) is 63.3 Å². The Morgan fingerprint density at radius 3 is 2.31 bits per heavy atom. The molecule has 4 heteroatoms. The fourth-order valence-corrected chi connectivity index (χ4v) is 1.80. The van der Waals surface area contributed by atoms with Gasteiger partial charge in [0, 0.05) is 12.5 Å². The van der Waals surface area contributed by atoms with E-state index in [9.17, 15) is 4.79 Å². The Balaban J connectivity index is 0.00000144. The maximum absolute atomic E-state index is 10.3. The van der Waals surface area contributed by atoms with Crippen molar-refractivity contribution in [1.82, 2.24) is 0 Å². The van der Waals surface area contributed by atoms with Crippen LogP contribution in [0.15, 0.2) is 0 Å². The predicted molar refractivity (Wildman–Crippen MR) is 54.1 cm³/mol. The third-order valence-electron chi connectivity index (χ3n) is 2.66. The van der Waals surface area contributed by atoms with Gasteiger partial charge in [0.15, 0.2) is 0 Å². The minimum atomic E-state index is -0.676.